The molecule has 0 unspecified atom stereocenters. The summed E-state index contributed by atoms with van der Waals surface area (Å²) in [6.07, 6.45) is 1.96. The average molecular weight is 243 g/mol. The van der Waals surface area contributed by atoms with Crippen LogP contribution in [-0.2, 0) is 9.53 Å². The minimum absolute atomic E-state index is 0.191. The van der Waals surface area contributed by atoms with Gasteiger partial charge in [0.05, 0.1) is 12.1 Å². The molecule has 1 aromatic rings. The molecule has 16 heavy (non-hydrogen) atoms. The van der Waals surface area contributed by atoms with Crippen molar-refractivity contribution in [3.63, 3.8) is 0 Å². The van der Waals surface area contributed by atoms with Gasteiger partial charge in [0, 0.05) is 5.75 Å². The van der Waals surface area contributed by atoms with E-state index >= 15 is 0 Å². The van der Waals surface area contributed by atoms with Crippen molar-refractivity contribution in [1.29, 1.82) is 0 Å². The predicted octanol–water partition coefficient (Wildman–Crippen LogP) is 2.81. The Morgan fingerprint density at radius 1 is 1.56 bits per heavy atom. The van der Waals surface area contributed by atoms with Gasteiger partial charge < -0.3 is 9.15 Å². The number of rotatable bonds is 4. The lowest BCUT2D eigenvalue weighted by Crippen LogP contribution is -2.23. The minimum atomic E-state index is -0.415. The highest BCUT2D eigenvalue weighted by Gasteiger charge is 2.16. The van der Waals surface area contributed by atoms with E-state index in [1.165, 1.54) is 11.8 Å². The molecule has 0 saturated carbocycles. The lowest BCUT2D eigenvalue weighted by molar-refractivity contribution is -0.154. The van der Waals surface area contributed by atoms with Crippen LogP contribution in [0.15, 0.2) is 15.9 Å². The van der Waals surface area contributed by atoms with Crippen LogP contribution < -0.4 is 0 Å². The van der Waals surface area contributed by atoms with Gasteiger partial charge in [-0.05, 0) is 27.7 Å². The summed E-state index contributed by atoms with van der Waals surface area (Å²) >= 11 is 1.42. The van der Waals surface area contributed by atoms with Crippen LogP contribution in [0.2, 0.25) is 0 Å². The first-order valence-corrected chi connectivity index (χ1v) is 6.12. The molecule has 5 heteroatoms. The Labute approximate surface area is 99.8 Å². The molecule has 4 nitrogen and oxygen atoms in total. The van der Waals surface area contributed by atoms with Crippen LogP contribution in [0.5, 0.6) is 0 Å². The molecular formula is C11H17NO3S. The Morgan fingerprint density at radius 3 is 2.75 bits per heavy atom. The van der Waals surface area contributed by atoms with Crippen LogP contribution in [0.25, 0.3) is 0 Å². The quantitative estimate of drug-likeness (QED) is 0.601. The number of aryl methyl sites for hydroxylation is 1. The molecule has 0 amide bonds. The number of hydrogen-bond donors (Lipinski definition) is 0. The van der Waals surface area contributed by atoms with Crippen LogP contribution in [0.3, 0.4) is 0 Å². The van der Waals surface area contributed by atoms with Gasteiger partial charge in [0.25, 0.3) is 5.22 Å². The van der Waals surface area contributed by atoms with Crippen molar-refractivity contribution >= 4 is 17.7 Å². The van der Waals surface area contributed by atoms with Crippen LogP contribution >= 0.6 is 11.8 Å². The van der Waals surface area contributed by atoms with E-state index < -0.39 is 5.60 Å². The molecule has 0 aliphatic carbocycles. The van der Waals surface area contributed by atoms with Gasteiger partial charge in [0.2, 0.25) is 0 Å². The van der Waals surface area contributed by atoms with E-state index in [9.17, 15) is 4.79 Å². The highest BCUT2D eigenvalue weighted by atomic mass is 32.2. The number of ether oxygens (including phenoxy) is 1. The fourth-order valence-electron chi connectivity index (χ4n) is 1.01. The molecule has 0 N–H and O–H groups in total. The van der Waals surface area contributed by atoms with Crippen molar-refractivity contribution in [1.82, 2.24) is 4.98 Å². The smallest absolute Gasteiger partial charge is 0.307 e. The van der Waals surface area contributed by atoms with Gasteiger partial charge >= 0.3 is 5.97 Å². The van der Waals surface area contributed by atoms with Gasteiger partial charge in [-0.1, -0.05) is 11.8 Å². The highest BCUT2D eigenvalue weighted by Crippen LogP contribution is 2.18. The summed E-state index contributed by atoms with van der Waals surface area (Å²) in [6.45, 7) is 7.43. The van der Waals surface area contributed by atoms with Gasteiger partial charge in [-0.2, -0.15) is 0 Å². The van der Waals surface area contributed by atoms with E-state index in [1.54, 1.807) is 6.26 Å². The molecule has 1 heterocycles. The maximum absolute atomic E-state index is 11.4. The first kappa shape index (κ1) is 13.1. The molecule has 0 radical (unpaired) electrons. The third-order valence-corrected chi connectivity index (χ3v) is 2.39. The number of aromatic nitrogens is 1. The lowest BCUT2D eigenvalue weighted by Gasteiger charge is -2.19. The SMILES string of the molecule is Cc1coc(SCCC(=O)OC(C)(C)C)n1. The Balaban J connectivity index is 2.23. The van der Waals surface area contributed by atoms with Crippen LogP contribution in [0.4, 0.5) is 0 Å². The summed E-state index contributed by atoms with van der Waals surface area (Å²) < 4.78 is 10.3. The molecule has 1 rings (SSSR count). The van der Waals surface area contributed by atoms with Gasteiger partial charge in [-0.3, -0.25) is 4.79 Å². The molecule has 0 bridgehead atoms. The van der Waals surface area contributed by atoms with E-state index in [4.69, 9.17) is 9.15 Å². The van der Waals surface area contributed by atoms with Crippen molar-refractivity contribution in [2.24, 2.45) is 0 Å². The summed E-state index contributed by atoms with van der Waals surface area (Å²) in [5.74, 6) is 0.428. The van der Waals surface area contributed by atoms with Gasteiger partial charge in [-0.15, -0.1) is 0 Å². The Kier molecular flexibility index (Phi) is 4.41. The summed E-state index contributed by atoms with van der Waals surface area (Å²) in [7, 11) is 0. The van der Waals surface area contributed by atoms with Crippen molar-refractivity contribution < 1.29 is 13.9 Å². The molecule has 90 valence electrons. The second-order valence-corrected chi connectivity index (χ2v) is 5.49. The molecule has 0 fully saturated rings. The van der Waals surface area contributed by atoms with E-state index in [1.807, 2.05) is 27.7 Å². The maximum Gasteiger partial charge on any atom is 0.307 e. The summed E-state index contributed by atoms with van der Waals surface area (Å²) in [5.41, 5.74) is 0.432. The normalized spacial score (nSPS) is 11.5. The van der Waals surface area contributed by atoms with Crippen molar-refractivity contribution in [3.8, 4) is 0 Å². The van der Waals surface area contributed by atoms with Crippen molar-refractivity contribution in [2.75, 3.05) is 5.75 Å². The molecule has 0 aliphatic rings. The number of esters is 1. The second kappa shape index (κ2) is 5.39. The zero-order valence-electron chi connectivity index (χ0n) is 10.1. The highest BCUT2D eigenvalue weighted by molar-refractivity contribution is 7.99. The number of thioether (sulfide) groups is 1. The molecule has 0 spiro atoms. The second-order valence-electron chi connectivity index (χ2n) is 4.44. The maximum atomic E-state index is 11.4. The Hall–Kier alpha value is -0.970. The predicted molar refractivity (Wildman–Crippen MR) is 62.4 cm³/mol. The average Bonchev–Trinajstić information content (AvgIpc) is 2.48. The Morgan fingerprint density at radius 2 is 2.25 bits per heavy atom. The summed E-state index contributed by atoms with van der Waals surface area (Å²) in [6, 6.07) is 0. The molecule has 0 atom stereocenters. The fraction of sp³-hybridized carbons (Fsp3) is 0.636. The first-order valence-electron chi connectivity index (χ1n) is 5.13. The molecule has 0 saturated heterocycles. The van der Waals surface area contributed by atoms with Crippen LogP contribution in [0.1, 0.15) is 32.9 Å². The third kappa shape index (κ3) is 5.21. The zero-order chi connectivity index (χ0) is 12.2. The topological polar surface area (TPSA) is 52.3 Å². The van der Waals surface area contributed by atoms with Crippen LogP contribution in [0, 0.1) is 6.92 Å². The lowest BCUT2D eigenvalue weighted by atomic mass is 10.2. The summed E-state index contributed by atoms with van der Waals surface area (Å²) in [5, 5.41) is 0.598. The van der Waals surface area contributed by atoms with Gasteiger partial charge in [0.1, 0.15) is 11.9 Å². The largest absolute Gasteiger partial charge is 0.460 e. The van der Waals surface area contributed by atoms with Gasteiger partial charge in [-0.25, -0.2) is 4.98 Å². The standard InChI is InChI=1S/C11H17NO3S/c1-8-7-14-10(12-8)16-6-5-9(13)15-11(2,3)4/h7H,5-6H2,1-4H3. The monoisotopic (exact) mass is 243 g/mol. The molecule has 0 aromatic carbocycles. The number of hydrogen-bond acceptors (Lipinski definition) is 5. The van der Waals surface area contributed by atoms with E-state index in [2.05, 4.69) is 4.98 Å². The Bertz CT molecular complexity index is 354. The number of carbonyl (C=O) groups is 1. The summed E-state index contributed by atoms with van der Waals surface area (Å²) in [4.78, 5) is 15.5. The van der Waals surface area contributed by atoms with E-state index in [0.717, 1.165) is 5.69 Å². The first-order chi connectivity index (χ1) is 7.37. The van der Waals surface area contributed by atoms with Crippen molar-refractivity contribution in [2.45, 2.75) is 44.9 Å². The zero-order valence-corrected chi connectivity index (χ0v) is 10.9. The minimum Gasteiger partial charge on any atom is -0.460 e. The third-order valence-electron chi connectivity index (χ3n) is 1.55. The van der Waals surface area contributed by atoms with E-state index in [-0.39, 0.29) is 5.97 Å². The number of nitrogens with zero attached hydrogens (tertiary/aromatic N) is 1. The number of carbonyl (C=O) groups excluding carboxylic acids is 1. The molecular weight excluding hydrogens is 226 g/mol. The fourth-order valence-corrected chi connectivity index (χ4v) is 1.78. The van der Waals surface area contributed by atoms with Gasteiger partial charge in [0.15, 0.2) is 0 Å². The van der Waals surface area contributed by atoms with E-state index in [0.29, 0.717) is 17.4 Å². The van der Waals surface area contributed by atoms with Crippen molar-refractivity contribution in [3.05, 3.63) is 12.0 Å². The molecule has 1 aromatic heterocycles. The van der Waals surface area contributed by atoms with Crippen LogP contribution in [-0.4, -0.2) is 22.3 Å². The number of oxazole rings is 1. The molecule has 0 aliphatic heterocycles.